The van der Waals surface area contributed by atoms with Gasteiger partial charge >= 0.3 is 6.09 Å². The zero-order chi connectivity index (χ0) is 25.9. The quantitative estimate of drug-likeness (QED) is 0.472. The highest BCUT2D eigenvalue weighted by Gasteiger charge is 2.48. The first kappa shape index (κ1) is 24.4. The minimum atomic E-state index is -0.838. The van der Waals surface area contributed by atoms with Crippen LogP contribution in [0, 0.1) is 6.92 Å². The third-order valence-electron chi connectivity index (χ3n) is 6.58. The maximum absolute atomic E-state index is 13.3. The fourth-order valence-electron chi connectivity index (χ4n) is 4.44. The van der Waals surface area contributed by atoms with Gasteiger partial charge in [-0.3, -0.25) is 14.5 Å². The summed E-state index contributed by atoms with van der Waals surface area (Å²) in [4.78, 5) is 40.7. The van der Waals surface area contributed by atoms with E-state index in [9.17, 15) is 14.4 Å². The number of carbonyl (C=O) groups excluding carboxylic acids is 3. The summed E-state index contributed by atoms with van der Waals surface area (Å²) in [6.07, 6.45) is 0.491. The number of hydrogen-bond donors (Lipinski definition) is 2. The van der Waals surface area contributed by atoms with Crippen molar-refractivity contribution in [2.24, 2.45) is 0 Å². The third-order valence-corrected chi connectivity index (χ3v) is 6.58. The summed E-state index contributed by atoms with van der Waals surface area (Å²) >= 11 is 0. The molecule has 0 spiro atoms. The van der Waals surface area contributed by atoms with E-state index in [0.29, 0.717) is 22.6 Å². The van der Waals surface area contributed by atoms with E-state index in [4.69, 9.17) is 9.47 Å². The highest BCUT2D eigenvalue weighted by Crippen LogP contribution is 2.36. The van der Waals surface area contributed by atoms with Gasteiger partial charge in [-0.1, -0.05) is 54.1 Å². The topological polar surface area (TPSA) is 97.0 Å². The number of benzene rings is 3. The van der Waals surface area contributed by atoms with Crippen LogP contribution in [0.1, 0.15) is 46.0 Å². The second-order valence-corrected chi connectivity index (χ2v) is 9.43. The number of aryl methyl sites for hydroxylation is 1. The van der Waals surface area contributed by atoms with Crippen LogP contribution in [0.2, 0.25) is 0 Å². The number of amides is 3. The Hall–Kier alpha value is -4.33. The molecular formula is C29H29N3O5. The van der Waals surface area contributed by atoms with Crippen LogP contribution < -0.4 is 15.4 Å². The van der Waals surface area contributed by atoms with Crippen molar-refractivity contribution in [3.63, 3.8) is 0 Å². The molecule has 1 saturated carbocycles. The minimum Gasteiger partial charge on any atom is -0.496 e. The van der Waals surface area contributed by atoms with Crippen molar-refractivity contribution in [3.8, 4) is 5.75 Å². The number of methoxy groups -OCH3 is 1. The first-order valence-corrected chi connectivity index (χ1v) is 12.3. The first-order chi connectivity index (χ1) is 17.9. The summed E-state index contributed by atoms with van der Waals surface area (Å²) in [6, 6.07) is 21.1. The van der Waals surface area contributed by atoms with Crippen molar-refractivity contribution >= 4 is 23.6 Å². The van der Waals surface area contributed by atoms with E-state index in [1.165, 1.54) is 12.0 Å². The Labute approximate surface area is 215 Å². The first-order valence-electron chi connectivity index (χ1n) is 12.3. The Balaban J connectivity index is 1.40. The molecule has 2 atom stereocenters. The van der Waals surface area contributed by atoms with Crippen LogP contribution in [0.4, 0.5) is 10.5 Å². The number of carbonyl (C=O) groups is 3. The van der Waals surface area contributed by atoms with Crippen molar-refractivity contribution in [1.29, 1.82) is 0 Å². The van der Waals surface area contributed by atoms with Gasteiger partial charge in [0, 0.05) is 11.7 Å². The fourth-order valence-corrected chi connectivity index (χ4v) is 4.44. The molecule has 37 heavy (non-hydrogen) atoms. The number of nitrogens with zero attached hydrogens (tertiary/aromatic N) is 1. The lowest BCUT2D eigenvalue weighted by atomic mass is 10.00. The van der Waals surface area contributed by atoms with Crippen molar-refractivity contribution < 1.29 is 23.9 Å². The molecule has 3 aromatic carbocycles. The molecule has 1 saturated heterocycles. The average molecular weight is 500 g/mol. The standard InChI is InChI=1S/C29H29N3O5/c1-18-10-12-19(13-11-18)17-32-25(28(34)30-21-14-15-21)26(37-29(32)35)20-6-5-7-22(16-20)31-27(33)23-8-3-4-9-24(23)36-2/h3-13,16,21,25-26H,14-15,17H2,1-2H3,(H,30,34)(H,31,33)/t25-,26-/m1/s1. The predicted octanol–water partition coefficient (Wildman–Crippen LogP) is 4.60. The Morgan fingerprint density at radius 2 is 1.78 bits per heavy atom. The molecule has 0 bridgehead atoms. The predicted molar refractivity (Wildman–Crippen MR) is 138 cm³/mol. The molecule has 8 heteroatoms. The number of hydrogen-bond acceptors (Lipinski definition) is 5. The molecule has 0 aromatic heterocycles. The van der Waals surface area contributed by atoms with Crippen LogP contribution in [-0.2, 0) is 16.1 Å². The van der Waals surface area contributed by atoms with Gasteiger partial charge in [-0.2, -0.15) is 0 Å². The summed E-state index contributed by atoms with van der Waals surface area (Å²) in [7, 11) is 1.51. The zero-order valence-corrected chi connectivity index (χ0v) is 20.8. The van der Waals surface area contributed by atoms with Gasteiger partial charge < -0.3 is 20.1 Å². The smallest absolute Gasteiger partial charge is 0.411 e. The highest BCUT2D eigenvalue weighted by atomic mass is 16.6. The van der Waals surface area contributed by atoms with Gasteiger partial charge in [-0.05, 0) is 55.2 Å². The summed E-state index contributed by atoms with van der Waals surface area (Å²) in [6.45, 7) is 2.25. The number of para-hydroxylation sites is 1. The van der Waals surface area contributed by atoms with E-state index >= 15 is 0 Å². The molecule has 1 heterocycles. The molecule has 2 fully saturated rings. The number of cyclic esters (lactones) is 1. The monoisotopic (exact) mass is 499 g/mol. The van der Waals surface area contributed by atoms with E-state index in [-0.39, 0.29) is 24.4 Å². The molecule has 3 aromatic rings. The van der Waals surface area contributed by atoms with Gasteiger partial charge in [-0.25, -0.2) is 4.79 Å². The maximum atomic E-state index is 13.3. The number of rotatable bonds is 8. The molecule has 2 aliphatic rings. The van der Waals surface area contributed by atoms with Gasteiger partial charge in [0.1, 0.15) is 5.75 Å². The van der Waals surface area contributed by atoms with Gasteiger partial charge in [0.05, 0.1) is 19.2 Å². The molecule has 1 aliphatic carbocycles. The molecule has 1 aliphatic heterocycles. The largest absolute Gasteiger partial charge is 0.496 e. The fraction of sp³-hybridized carbons (Fsp3) is 0.276. The van der Waals surface area contributed by atoms with Gasteiger partial charge in [0.15, 0.2) is 12.1 Å². The molecule has 5 rings (SSSR count). The number of anilines is 1. The van der Waals surface area contributed by atoms with Gasteiger partial charge in [0.25, 0.3) is 5.91 Å². The molecule has 0 radical (unpaired) electrons. The van der Waals surface area contributed by atoms with E-state index in [1.54, 1.807) is 48.5 Å². The lowest BCUT2D eigenvalue weighted by molar-refractivity contribution is -0.126. The van der Waals surface area contributed by atoms with Crippen LogP contribution in [0.3, 0.4) is 0 Å². The van der Waals surface area contributed by atoms with Crippen molar-refractivity contribution in [1.82, 2.24) is 10.2 Å². The molecule has 190 valence electrons. The number of ether oxygens (including phenoxy) is 2. The maximum Gasteiger partial charge on any atom is 0.411 e. The Morgan fingerprint density at radius 1 is 1.03 bits per heavy atom. The van der Waals surface area contributed by atoms with E-state index in [1.807, 2.05) is 31.2 Å². The van der Waals surface area contributed by atoms with Crippen LogP contribution in [-0.4, -0.2) is 42.0 Å². The van der Waals surface area contributed by atoms with Crippen molar-refractivity contribution in [3.05, 3.63) is 95.1 Å². The third kappa shape index (κ3) is 5.43. The molecule has 8 nitrogen and oxygen atoms in total. The van der Waals surface area contributed by atoms with Crippen LogP contribution in [0.15, 0.2) is 72.8 Å². The van der Waals surface area contributed by atoms with Crippen LogP contribution in [0.5, 0.6) is 5.75 Å². The molecule has 3 amide bonds. The lowest BCUT2D eigenvalue weighted by Gasteiger charge is -2.24. The van der Waals surface area contributed by atoms with E-state index in [0.717, 1.165) is 24.0 Å². The summed E-state index contributed by atoms with van der Waals surface area (Å²) < 4.78 is 11.1. The van der Waals surface area contributed by atoms with Crippen LogP contribution >= 0.6 is 0 Å². The zero-order valence-electron chi connectivity index (χ0n) is 20.8. The van der Waals surface area contributed by atoms with E-state index in [2.05, 4.69) is 10.6 Å². The highest BCUT2D eigenvalue weighted by molar-refractivity contribution is 6.06. The van der Waals surface area contributed by atoms with Gasteiger partial charge in [-0.15, -0.1) is 0 Å². The normalized spacial score (nSPS) is 18.8. The lowest BCUT2D eigenvalue weighted by Crippen LogP contribution is -2.46. The average Bonchev–Trinajstić information content (AvgIpc) is 3.66. The van der Waals surface area contributed by atoms with Crippen molar-refractivity contribution in [2.45, 2.75) is 44.5 Å². The Morgan fingerprint density at radius 3 is 2.51 bits per heavy atom. The van der Waals surface area contributed by atoms with Crippen LogP contribution in [0.25, 0.3) is 0 Å². The molecule has 2 N–H and O–H groups in total. The minimum absolute atomic E-state index is 0.136. The van der Waals surface area contributed by atoms with E-state index < -0.39 is 18.2 Å². The summed E-state index contributed by atoms with van der Waals surface area (Å²) in [5.74, 6) is -0.111. The van der Waals surface area contributed by atoms with Crippen molar-refractivity contribution in [2.75, 3.05) is 12.4 Å². The molecular weight excluding hydrogens is 470 g/mol. The van der Waals surface area contributed by atoms with Gasteiger partial charge in [0.2, 0.25) is 5.91 Å². The summed E-state index contributed by atoms with van der Waals surface area (Å²) in [5, 5.41) is 5.90. The second kappa shape index (κ2) is 10.3. The Bertz CT molecular complexity index is 1320. The number of nitrogens with one attached hydrogen (secondary N) is 2. The SMILES string of the molecule is COc1ccccc1C(=O)Nc1cccc([C@H]2OC(=O)N(Cc3ccc(C)cc3)[C@H]2C(=O)NC2CC2)c1. The Kier molecular flexibility index (Phi) is 6.81. The summed E-state index contributed by atoms with van der Waals surface area (Å²) in [5.41, 5.74) is 3.55. The molecule has 0 unspecified atom stereocenters. The second-order valence-electron chi connectivity index (χ2n) is 9.43.